The number of carbonyl (C=O) groups is 1. The van der Waals surface area contributed by atoms with E-state index in [4.69, 9.17) is 5.73 Å². The van der Waals surface area contributed by atoms with Crippen molar-refractivity contribution in [2.45, 2.75) is 6.54 Å². The smallest absolute Gasteiger partial charge is 0.231 e. The molecule has 2 heterocycles. The number of hydrogen-bond donors (Lipinski definition) is 1. The summed E-state index contributed by atoms with van der Waals surface area (Å²) < 4.78 is 2.19. The van der Waals surface area contributed by atoms with E-state index in [2.05, 4.69) is 26.8 Å². The lowest BCUT2D eigenvalue weighted by atomic mass is 10.3. The van der Waals surface area contributed by atoms with Gasteiger partial charge in [0, 0.05) is 51.7 Å². The molecule has 5 heteroatoms. The highest BCUT2D eigenvalue weighted by Gasteiger charge is 2.17. The highest BCUT2D eigenvalue weighted by Crippen LogP contribution is 2.01. The minimum absolute atomic E-state index is 0.231. The molecule has 0 radical (unpaired) electrons. The van der Waals surface area contributed by atoms with Gasteiger partial charge in [0.25, 0.3) is 0 Å². The van der Waals surface area contributed by atoms with Crippen molar-refractivity contribution >= 4 is 5.91 Å². The molecule has 0 unspecified atom stereocenters. The van der Waals surface area contributed by atoms with Crippen LogP contribution in [0.15, 0.2) is 24.5 Å². The van der Waals surface area contributed by atoms with Gasteiger partial charge in [-0.3, -0.25) is 14.6 Å². The molecule has 1 fully saturated rings. The average Bonchev–Trinajstić information content (AvgIpc) is 2.80. The SMILES string of the molecule is NC(=O)CN1CCN(CCn2cccc2)CC1. The van der Waals surface area contributed by atoms with Crippen LogP contribution in [0.2, 0.25) is 0 Å². The van der Waals surface area contributed by atoms with Crippen molar-refractivity contribution in [1.29, 1.82) is 0 Å². The zero-order valence-corrected chi connectivity index (χ0v) is 10.1. The van der Waals surface area contributed by atoms with Crippen LogP contribution in [0.3, 0.4) is 0 Å². The summed E-state index contributed by atoms with van der Waals surface area (Å²) >= 11 is 0. The number of nitrogens with two attached hydrogens (primary N) is 1. The van der Waals surface area contributed by atoms with Crippen molar-refractivity contribution in [2.75, 3.05) is 39.3 Å². The Kier molecular flexibility index (Phi) is 4.17. The highest BCUT2D eigenvalue weighted by molar-refractivity contribution is 5.75. The molecule has 1 aromatic rings. The third-order valence-electron chi connectivity index (χ3n) is 3.18. The zero-order valence-electron chi connectivity index (χ0n) is 10.1. The Balaban J connectivity index is 1.67. The summed E-state index contributed by atoms with van der Waals surface area (Å²) in [6, 6.07) is 4.09. The second-order valence-electron chi connectivity index (χ2n) is 4.50. The van der Waals surface area contributed by atoms with Gasteiger partial charge >= 0.3 is 0 Å². The monoisotopic (exact) mass is 236 g/mol. The van der Waals surface area contributed by atoms with Crippen LogP contribution in [-0.4, -0.2) is 59.5 Å². The summed E-state index contributed by atoms with van der Waals surface area (Å²) in [6.07, 6.45) is 4.17. The molecule has 1 amide bonds. The Morgan fingerprint density at radius 3 is 2.18 bits per heavy atom. The molecule has 0 saturated carbocycles. The fourth-order valence-corrected chi connectivity index (χ4v) is 2.17. The number of aromatic nitrogens is 1. The maximum Gasteiger partial charge on any atom is 0.231 e. The molecule has 1 aromatic heterocycles. The van der Waals surface area contributed by atoms with Gasteiger partial charge in [-0.05, 0) is 12.1 Å². The van der Waals surface area contributed by atoms with Gasteiger partial charge in [-0.25, -0.2) is 0 Å². The number of carbonyl (C=O) groups excluding carboxylic acids is 1. The van der Waals surface area contributed by atoms with E-state index in [-0.39, 0.29) is 5.91 Å². The van der Waals surface area contributed by atoms with E-state index >= 15 is 0 Å². The van der Waals surface area contributed by atoms with Crippen LogP contribution in [-0.2, 0) is 11.3 Å². The molecule has 1 aliphatic rings. The first-order chi connectivity index (χ1) is 8.24. The molecular formula is C12H20N4O. The lowest BCUT2D eigenvalue weighted by molar-refractivity contribution is -0.119. The van der Waals surface area contributed by atoms with E-state index in [1.807, 2.05) is 12.1 Å². The summed E-state index contributed by atoms with van der Waals surface area (Å²) in [5.41, 5.74) is 5.18. The predicted molar refractivity (Wildman–Crippen MR) is 66.5 cm³/mol. The van der Waals surface area contributed by atoms with Crippen LogP contribution in [0.5, 0.6) is 0 Å². The molecule has 0 atom stereocenters. The zero-order chi connectivity index (χ0) is 12.1. The average molecular weight is 236 g/mol. The van der Waals surface area contributed by atoms with E-state index in [0.29, 0.717) is 6.54 Å². The Bertz CT molecular complexity index is 341. The minimum Gasteiger partial charge on any atom is -0.369 e. The van der Waals surface area contributed by atoms with Crippen molar-refractivity contribution < 1.29 is 4.79 Å². The lowest BCUT2D eigenvalue weighted by Gasteiger charge is -2.33. The molecule has 0 spiro atoms. The minimum atomic E-state index is -0.231. The molecule has 1 saturated heterocycles. The van der Waals surface area contributed by atoms with Gasteiger partial charge in [-0.15, -0.1) is 0 Å². The standard InChI is InChI=1S/C12H20N4O/c13-12(17)11-16-9-7-15(8-10-16)6-5-14-3-1-2-4-14/h1-4H,5-11H2,(H2,13,17). The summed E-state index contributed by atoms with van der Waals surface area (Å²) in [5, 5.41) is 0. The molecule has 5 nitrogen and oxygen atoms in total. The number of nitrogens with zero attached hydrogens (tertiary/aromatic N) is 3. The maximum absolute atomic E-state index is 10.8. The molecule has 17 heavy (non-hydrogen) atoms. The fraction of sp³-hybridized carbons (Fsp3) is 0.583. The summed E-state index contributed by atoms with van der Waals surface area (Å²) in [6.45, 7) is 6.42. The number of amides is 1. The number of hydrogen-bond acceptors (Lipinski definition) is 3. The van der Waals surface area contributed by atoms with Crippen LogP contribution >= 0.6 is 0 Å². The van der Waals surface area contributed by atoms with Gasteiger partial charge in [0.05, 0.1) is 6.54 Å². The van der Waals surface area contributed by atoms with E-state index in [1.165, 1.54) is 0 Å². The summed E-state index contributed by atoms with van der Waals surface area (Å²) in [4.78, 5) is 15.3. The summed E-state index contributed by atoms with van der Waals surface area (Å²) in [7, 11) is 0. The lowest BCUT2D eigenvalue weighted by Crippen LogP contribution is -2.49. The van der Waals surface area contributed by atoms with Gasteiger partial charge in [-0.2, -0.15) is 0 Å². The quantitative estimate of drug-likeness (QED) is 0.756. The molecular weight excluding hydrogens is 216 g/mol. The van der Waals surface area contributed by atoms with Crippen molar-refractivity contribution in [3.05, 3.63) is 24.5 Å². The molecule has 2 rings (SSSR count). The van der Waals surface area contributed by atoms with Crippen LogP contribution in [0, 0.1) is 0 Å². The van der Waals surface area contributed by atoms with Crippen molar-refractivity contribution in [3.63, 3.8) is 0 Å². The maximum atomic E-state index is 10.8. The van der Waals surface area contributed by atoms with Crippen LogP contribution in [0.4, 0.5) is 0 Å². The van der Waals surface area contributed by atoms with Gasteiger partial charge in [0.15, 0.2) is 0 Å². The molecule has 1 aliphatic heterocycles. The normalized spacial score (nSPS) is 18.4. The largest absolute Gasteiger partial charge is 0.369 e. The van der Waals surface area contributed by atoms with Gasteiger partial charge < -0.3 is 10.3 Å². The van der Waals surface area contributed by atoms with Crippen molar-refractivity contribution in [3.8, 4) is 0 Å². The third-order valence-corrected chi connectivity index (χ3v) is 3.18. The molecule has 0 aliphatic carbocycles. The first-order valence-electron chi connectivity index (χ1n) is 6.08. The van der Waals surface area contributed by atoms with Gasteiger partial charge in [0.1, 0.15) is 0 Å². The number of piperazine rings is 1. The molecule has 0 bridgehead atoms. The first-order valence-corrected chi connectivity index (χ1v) is 6.08. The van der Waals surface area contributed by atoms with Gasteiger partial charge in [-0.1, -0.05) is 0 Å². The summed E-state index contributed by atoms with van der Waals surface area (Å²) in [5.74, 6) is -0.231. The van der Waals surface area contributed by atoms with Crippen LogP contribution in [0.1, 0.15) is 0 Å². The van der Waals surface area contributed by atoms with E-state index < -0.39 is 0 Å². The van der Waals surface area contributed by atoms with Crippen LogP contribution < -0.4 is 5.73 Å². The third kappa shape index (κ3) is 3.87. The highest BCUT2D eigenvalue weighted by atomic mass is 16.1. The first kappa shape index (κ1) is 12.1. The second kappa shape index (κ2) is 5.84. The van der Waals surface area contributed by atoms with E-state index in [0.717, 1.165) is 39.3 Å². The van der Waals surface area contributed by atoms with Crippen molar-refractivity contribution in [2.24, 2.45) is 5.73 Å². The van der Waals surface area contributed by atoms with Crippen molar-refractivity contribution in [1.82, 2.24) is 14.4 Å². The van der Waals surface area contributed by atoms with E-state index in [1.54, 1.807) is 0 Å². The Morgan fingerprint density at radius 2 is 1.59 bits per heavy atom. The predicted octanol–water partition coefficient (Wildman–Crippen LogP) is -0.409. The molecule has 0 aromatic carbocycles. The Hall–Kier alpha value is -1.33. The molecule has 94 valence electrons. The fourth-order valence-electron chi connectivity index (χ4n) is 2.17. The number of rotatable bonds is 5. The number of primary amides is 1. The topological polar surface area (TPSA) is 54.5 Å². The van der Waals surface area contributed by atoms with E-state index in [9.17, 15) is 4.79 Å². The Morgan fingerprint density at radius 1 is 1.00 bits per heavy atom. The second-order valence-corrected chi connectivity index (χ2v) is 4.50. The van der Waals surface area contributed by atoms with Gasteiger partial charge in [0.2, 0.25) is 5.91 Å². The molecule has 2 N–H and O–H groups in total. The Labute approximate surface area is 102 Å². The van der Waals surface area contributed by atoms with Crippen LogP contribution in [0.25, 0.3) is 0 Å².